The predicted octanol–water partition coefficient (Wildman–Crippen LogP) is 5.91. The monoisotopic (exact) mass is 261 g/mol. The zero-order valence-corrected chi connectivity index (χ0v) is 13.4. The third-order valence-corrected chi connectivity index (χ3v) is 2.39. The second-order valence-electron chi connectivity index (χ2n) is 4.40. The summed E-state index contributed by atoms with van der Waals surface area (Å²) in [5.41, 5.74) is 2.43. The summed E-state index contributed by atoms with van der Waals surface area (Å²) in [6.07, 6.45) is 17.0. The van der Waals surface area contributed by atoms with E-state index in [9.17, 15) is 0 Å². The summed E-state index contributed by atoms with van der Waals surface area (Å²) < 4.78 is 0. The van der Waals surface area contributed by atoms with Crippen molar-refractivity contribution >= 4 is 6.21 Å². The van der Waals surface area contributed by atoms with Gasteiger partial charge in [0, 0.05) is 13.3 Å². The van der Waals surface area contributed by atoms with E-state index >= 15 is 0 Å². The first kappa shape index (κ1) is 20.0. The highest BCUT2D eigenvalue weighted by Crippen LogP contribution is 2.02. The highest BCUT2D eigenvalue weighted by molar-refractivity contribution is 5.77. The van der Waals surface area contributed by atoms with Gasteiger partial charge in [0.25, 0.3) is 0 Å². The highest BCUT2D eigenvalue weighted by atomic mass is 14.6. The van der Waals surface area contributed by atoms with Crippen molar-refractivity contribution in [2.75, 3.05) is 7.05 Å². The Labute approximate surface area is 120 Å². The molecule has 19 heavy (non-hydrogen) atoms. The first-order chi connectivity index (χ1) is 9.12. The van der Waals surface area contributed by atoms with Gasteiger partial charge in [0.05, 0.1) is 0 Å². The van der Waals surface area contributed by atoms with Crippen molar-refractivity contribution < 1.29 is 0 Å². The quantitative estimate of drug-likeness (QED) is 0.399. The fraction of sp³-hybridized carbons (Fsp3) is 0.500. The van der Waals surface area contributed by atoms with Gasteiger partial charge in [-0.15, -0.1) is 0 Å². The van der Waals surface area contributed by atoms with E-state index in [0.717, 1.165) is 6.42 Å². The number of unbranched alkanes of at least 4 members (excludes halogenated alkanes) is 1. The van der Waals surface area contributed by atoms with E-state index in [1.54, 1.807) is 7.05 Å². The average molecular weight is 261 g/mol. The van der Waals surface area contributed by atoms with E-state index in [2.05, 4.69) is 49.7 Å². The number of hydrogen-bond acceptors (Lipinski definition) is 1. The lowest BCUT2D eigenvalue weighted by molar-refractivity contribution is 0.929. The largest absolute Gasteiger partial charge is 0.296 e. The third kappa shape index (κ3) is 19.2. The van der Waals surface area contributed by atoms with Gasteiger partial charge in [0.15, 0.2) is 0 Å². The molecule has 0 aromatic heterocycles. The van der Waals surface area contributed by atoms with E-state index < -0.39 is 0 Å². The maximum atomic E-state index is 3.94. The number of rotatable bonds is 7. The molecule has 108 valence electrons. The van der Waals surface area contributed by atoms with Crippen molar-refractivity contribution in [3.05, 3.63) is 48.1 Å². The predicted molar refractivity (Wildman–Crippen MR) is 91.1 cm³/mol. The maximum Gasteiger partial charge on any atom is 0.0277 e. The number of nitrogens with zero attached hydrogens (tertiary/aromatic N) is 1. The molecular weight excluding hydrogens is 230 g/mol. The van der Waals surface area contributed by atoms with Gasteiger partial charge in [-0.25, -0.2) is 0 Å². The first-order valence-electron chi connectivity index (χ1n) is 7.18. The van der Waals surface area contributed by atoms with Crippen LogP contribution in [0.2, 0.25) is 0 Å². The summed E-state index contributed by atoms with van der Waals surface area (Å²) >= 11 is 0. The van der Waals surface area contributed by atoms with Crippen molar-refractivity contribution in [2.45, 2.75) is 53.4 Å². The van der Waals surface area contributed by atoms with E-state index in [4.69, 9.17) is 0 Å². The molecule has 0 saturated carbocycles. The summed E-state index contributed by atoms with van der Waals surface area (Å²) in [7, 11) is 1.77. The van der Waals surface area contributed by atoms with Crippen LogP contribution >= 0.6 is 0 Å². The lowest BCUT2D eigenvalue weighted by atomic mass is 10.1. The molecule has 0 aromatic rings. The molecule has 0 rings (SSSR count). The SMILES string of the molecule is C/C=C(/C)C=NC.C=C(/C=C\C=C/CCC)CCC. The van der Waals surface area contributed by atoms with Gasteiger partial charge in [-0.3, -0.25) is 4.99 Å². The van der Waals surface area contributed by atoms with Gasteiger partial charge in [-0.2, -0.15) is 0 Å². The normalized spacial score (nSPS) is 12.2. The molecule has 0 aliphatic carbocycles. The molecule has 0 atom stereocenters. The van der Waals surface area contributed by atoms with Gasteiger partial charge < -0.3 is 0 Å². The topological polar surface area (TPSA) is 12.4 Å². The molecule has 0 aliphatic rings. The maximum absolute atomic E-state index is 3.94. The fourth-order valence-electron chi connectivity index (χ4n) is 1.22. The molecule has 1 heteroatoms. The van der Waals surface area contributed by atoms with Crippen LogP contribution in [0.15, 0.2) is 53.1 Å². The lowest BCUT2D eigenvalue weighted by Crippen LogP contribution is -1.72. The van der Waals surface area contributed by atoms with Crippen LogP contribution in [0.1, 0.15) is 53.4 Å². The molecule has 0 bridgehead atoms. The summed E-state index contributed by atoms with van der Waals surface area (Å²) in [6.45, 7) is 12.3. The van der Waals surface area contributed by atoms with Gasteiger partial charge in [0.2, 0.25) is 0 Å². The van der Waals surface area contributed by atoms with Crippen molar-refractivity contribution in [3.8, 4) is 0 Å². The van der Waals surface area contributed by atoms with E-state index in [0.29, 0.717) is 0 Å². The standard InChI is InChI=1S/C12H20.C6H11N/c1-4-6-7-8-9-11-12(3)10-5-2;1-4-6(2)5-7-3/h7-9,11H,3-6,10H2,1-2H3;4-5H,1-3H3/b8-7-,11-9-;6-4-,7-5?. The van der Waals surface area contributed by atoms with Crippen molar-refractivity contribution in [3.63, 3.8) is 0 Å². The minimum absolute atomic E-state index is 1.11. The Morgan fingerprint density at radius 3 is 2.26 bits per heavy atom. The molecule has 1 nitrogen and oxygen atoms in total. The van der Waals surface area contributed by atoms with Crippen LogP contribution < -0.4 is 0 Å². The van der Waals surface area contributed by atoms with Gasteiger partial charge in [-0.05, 0) is 32.3 Å². The fourth-order valence-corrected chi connectivity index (χ4v) is 1.22. The third-order valence-electron chi connectivity index (χ3n) is 2.39. The summed E-state index contributed by atoms with van der Waals surface area (Å²) in [4.78, 5) is 3.81. The van der Waals surface area contributed by atoms with Gasteiger partial charge >= 0.3 is 0 Å². The van der Waals surface area contributed by atoms with Crippen LogP contribution in [0, 0.1) is 0 Å². The molecule has 0 saturated heterocycles. The summed E-state index contributed by atoms with van der Waals surface area (Å²) in [6, 6.07) is 0. The molecule has 0 radical (unpaired) electrons. The molecule has 0 heterocycles. The molecule has 0 fully saturated rings. The summed E-state index contributed by atoms with van der Waals surface area (Å²) in [5.74, 6) is 0. The zero-order valence-electron chi connectivity index (χ0n) is 13.4. The number of allylic oxidation sites excluding steroid dienone is 7. The van der Waals surface area contributed by atoms with E-state index in [1.165, 1.54) is 30.4 Å². The molecule has 0 unspecified atom stereocenters. The molecule has 0 spiro atoms. The number of aliphatic imine (C=N–C) groups is 1. The molecular formula is C18H31N. The van der Waals surface area contributed by atoms with E-state index in [-0.39, 0.29) is 0 Å². The average Bonchev–Trinajstić information content (AvgIpc) is 2.40. The zero-order chi connectivity index (χ0) is 14.9. The molecule has 0 aromatic carbocycles. The smallest absolute Gasteiger partial charge is 0.0277 e. The lowest BCUT2D eigenvalue weighted by Gasteiger charge is -1.92. The minimum atomic E-state index is 1.11. The Morgan fingerprint density at radius 1 is 1.16 bits per heavy atom. The van der Waals surface area contributed by atoms with Crippen LogP contribution in [0.4, 0.5) is 0 Å². The van der Waals surface area contributed by atoms with Crippen LogP contribution in [0.25, 0.3) is 0 Å². The van der Waals surface area contributed by atoms with Crippen LogP contribution in [-0.2, 0) is 0 Å². The van der Waals surface area contributed by atoms with Crippen LogP contribution in [0.3, 0.4) is 0 Å². The highest BCUT2D eigenvalue weighted by Gasteiger charge is 1.82. The molecule has 0 aliphatic heterocycles. The Kier molecular flexibility index (Phi) is 17.5. The Hall–Kier alpha value is -1.37. The van der Waals surface area contributed by atoms with Crippen molar-refractivity contribution in [1.29, 1.82) is 0 Å². The van der Waals surface area contributed by atoms with Crippen molar-refractivity contribution in [2.24, 2.45) is 4.99 Å². The molecule has 0 amide bonds. The number of hydrogen-bond donors (Lipinski definition) is 0. The van der Waals surface area contributed by atoms with Gasteiger partial charge in [-0.1, -0.05) is 69.2 Å². The van der Waals surface area contributed by atoms with E-state index in [1.807, 2.05) is 26.1 Å². The second kappa shape index (κ2) is 16.6. The second-order valence-corrected chi connectivity index (χ2v) is 4.40. The van der Waals surface area contributed by atoms with Gasteiger partial charge in [0.1, 0.15) is 0 Å². The Balaban J connectivity index is 0. The first-order valence-corrected chi connectivity index (χ1v) is 7.18. The molecule has 0 N–H and O–H groups in total. The van der Waals surface area contributed by atoms with Crippen LogP contribution in [0.5, 0.6) is 0 Å². The Bertz CT molecular complexity index is 317. The Morgan fingerprint density at radius 2 is 1.84 bits per heavy atom. The minimum Gasteiger partial charge on any atom is -0.296 e. The summed E-state index contributed by atoms with van der Waals surface area (Å²) in [5, 5.41) is 0. The van der Waals surface area contributed by atoms with Crippen molar-refractivity contribution in [1.82, 2.24) is 0 Å². The van der Waals surface area contributed by atoms with Crippen LogP contribution in [-0.4, -0.2) is 13.3 Å².